The molecule has 7 nitrogen and oxygen atoms in total. The maximum Gasteiger partial charge on any atom is 0.271 e. The topological polar surface area (TPSA) is 81.9 Å². The van der Waals surface area contributed by atoms with E-state index >= 15 is 0 Å². The Balaban J connectivity index is 1.48. The Morgan fingerprint density at radius 1 is 1.00 bits per heavy atom. The van der Waals surface area contributed by atoms with Crippen LogP contribution in [0.3, 0.4) is 0 Å². The standard InChI is InChI=1S/C35H27Br2N3O4S/c1-21-30(33(41)39-26-13-7-4-8-14-26)31(23-12-9-15-27(17-23)43-2)40-34(42)29(45-35(40)38-21)18-24-16-25(36)19-28(37)32(24)44-20-22-10-5-3-6-11-22/h3-19,31H,20H2,1-2H3,(H,39,41)/b29-18-/t31-/m0/s1. The average Bonchev–Trinajstić information content (AvgIpc) is 3.34. The molecule has 1 aromatic heterocycles. The van der Waals surface area contributed by atoms with E-state index in [0.29, 0.717) is 50.0 Å². The number of halogens is 2. The van der Waals surface area contributed by atoms with E-state index in [1.807, 2.05) is 103 Å². The van der Waals surface area contributed by atoms with Gasteiger partial charge in [-0.25, -0.2) is 4.99 Å². The summed E-state index contributed by atoms with van der Waals surface area (Å²) in [6.07, 6.45) is 1.81. The summed E-state index contributed by atoms with van der Waals surface area (Å²) in [7, 11) is 1.59. The zero-order valence-electron chi connectivity index (χ0n) is 24.3. The van der Waals surface area contributed by atoms with Crippen molar-refractivity contribution in [2.75, 3.05) is 12.4 Å². The van der Waals surface area contributed by atoms with Crippen LogP contribution in [0.25, 0.3) is 6.08 Å². The molecule has 0 radical (unpaired) electrons. The third kappa shape index (κ3) is 6.58. The van der Waals surface area contributed by atoms with Crippen molar-refractivity contribution >= 4 is 60.9 Å². The molecular formula is C35H27Br2N3O4S. The second kappa shape index (κ2) is 13.4. The highest BCUT2D eigenvalue weighted by Crippen LogP contribution is 2.35. The summed E-state index contributed by atoms with van der Waals surface area (Å²) in [6.45, 7) is 2.16. The monoisotopic (exact) mass is 743 g/mol. The minimum Gasteiger partial charge on any atom is -0.497 e. The Kier molecular flexibility index (Phi) is 9.16. The van der Waals surface area contributed by atoms with Gasteiger partial charge in [-0.05, 0) is 76.5 Å². The molecule has 1 amide bonds. The van der Waals surface area contributed by atoms with Crippen molar-refractivity contribution in [2.24, 2.45) is 4.99 Å². The Hall–Kier alpha value is -4.25. The molecule has 45 heavy (non-hydrogen) atoms. The van der Waals surface area contributed by atoms with Crippen LogP contribution >= 0.6 is 43.2 Å². The Morgan fingerprint density at radius 2 is 1.73 bits per heavy atom. The number of nitrogens with one attached hydrogen (secondary N) is 1. The number of amides is 1. The molecule has 0 bridgehead atoms. The fourth-order valence-corrected chi connectivity index (χ4v) is 7.58. The second-order valence-corrected chi connectivity index (χ2v) is 13.0. The maximum absolute atomic E-state index is 14.3. The molecule has 10 heteroatoms. The largest absolute Gasteiger partial charge is 0.497 e. The molecule has 4 aromatic carbocycles. The normalized spacial score (nSPS) is 14.5. The zero-order chi connectivity index (χ0) is 31.5. The lowest BCUT2D eigenvalue weighted by Crippen LogP contribution is -2.40. The van der Waals surface area contributed by atoms with Crippen LogP contribution in [-0.4, -0.2) is 17.6 Å². The van der Waals surface area contributed by atoms with E-state index in [0.717, 1.165) is 20.1 Å². The number of rotatable bonds is 8. The number of carbonyl (C=O) groups excluding carboxylic acids is 1. The molecule has 2 heterocycles. The molecule has 5 aromatic rings. The van der Waals surface area contributed by atoms with Crippen molar-refractivity contribution in [1.29, 1.82) is 0 Å². The minimum absolute atomic E-state index is 0.269. The van der Waals surface area contributed by atoms with Gasteiger partial charge in [-0.15, -0.1) is 0 Å². The van der Waals surface area contributed by atoms with E-state index in [-0.39, 0.29) is 11.5 Å². The van der Waals surface area contributed by atoms with Gasteiger partial charge in [-0.1, -0.05) is 87.9 Å². The summed E-state index contributed by atoms with van der Waals surface area (Å²) >= 11 is 8.48. The number of ether oxygens (including phenoxy) is 2. The third-order valence-corrected chi connectivity index (χ3v) is 9.29. The van der Waals surface area contributed by atoms with Gasteiger partial charge in [0.05, 0.1) is 33.4 Å². The first-order valence-electron chi connectivity index (χ1n) is 14.0. The second-order valence-electron chi connectivity index (χ2n) is 10.3. The SMILES string of the molecule is COc1cccc([C@H]2C(C(=O)Nc3ccccc3)=C(C)N=c3s/c(=C\c4cc(Br)cc(Br)c4OCc4ccccc4)c(=O)n32)c1. The van der Waals surface area contributed by atoms with Gasteiger partial charge in [0.1, 0.15) is 18.1 Å². The molecule has 1 aliphatic rings. The lowest BCUT2D eigenvalue weighted by Gasteiger charge is -2.25. The molecule has 1 atom stereocenters. The summed E-state index contributed by atoms with van der Waals surface area (Å²) in [5, 5.41) is 2.98. The molecule has 1 N–H and O–H groups in total. The number of methoxy groups -OCH3 is 1. The van der Waals surface area contributed by atoms with E-state index in [2.05, 4.69) is 37.2 Å². The predicted octanol–water partition coefficient (Wildman–Crippen LogP) is 6.99. The first-order valence-corrected chi connectivity index (χ1v) is 16.4. The number of benzene rings is 4. The molecule has 6 rings (SSSR count). The van der Waals surface area contributed by atoms with Crippen LogP contribution in [0.4, 0.5) is 5.69 Å². The molecule has 0 fully saturated rings. The summed E-state index contributed by atoms with van der Waals surface area (Å²) in [4.78, 5) is 33.4. The van der Waals surface area contributed by atoms with E-state index < -0.39 is 6.04 Å². The zero-order valence-corrected chi connectivity index (χ0v) is 28.3. The number of thiazole rings is 1. The van der Waals surface area contributed by atoms with Crippen LogP contribution in [0.2, 0.25) is 0 Å². The molecule has 1 aliphatic heterocycles. The van der Waals surface area contributed by atoms with Gasteiger partial charge in [0.25, 0.3) is 11.5 Å². The number of aromatic nitrogens is 1. The summed E-state index contributed by atoms with van der Waals surface area (Å²) in [5.41, 5.74) is 3.75. The fourth-order valence-electron chi connectivity index (χ4n) is 5.17. The van der Waals surface area contributed by atoms with Gasteiger partial charge in [0.2, 0.25) is 0 Å². The van der Waals surface area contributed by atoms with E-state index in [1.54, 1.807) is 18.6 Å². The number of nitrogens with zero attached hydrogens (tertiary/aromatic N) is 2. The van der Waals surface area contributed by atoms with Crippen molar-refractivity contribution in [2.45, 2.75) is 19.6 Å². The Morgan fingerprint density at radius 3 is 2.47 bits per heavy atom. The fraction of sp³-hybridized carbons (Fsp3) is 0.114. The lowest BCUT2D eigenvalue weighted by atomic mass is 9.95. The van der Waals surface area contributed by atoms with Gasteiger partial charge >= 0.3 is 0 Å². The van der Waals surface area contributed by atoms with Crippen LogP contribution < -0.4 is 29.7 Å². The molecule has 0 unspecified atom stereocenters. The summed E-state index contributed by atoms with van der Waals surface area (Å²) in [6, 6.07) is 29.6. The highest BCUT2D eigenvalue weighted by Gasteiger charge is 2.33. The highest BCUT2D eigenvalue weighted by molar-refractivity contribution is 9.11. The van der Waals surface area contributed by atoms with Gasteiger partial charge < -0.3 is 14.8 Å². The number of allylic oxidation sites excluding steroid dienone is 1. The Labute approximate surface area is 280 Å². The lowest BCUT2D eigenvalue weighted by molar-refractivity contribution is -0.113. The van der Waals surface area contributed by atoms with Crippen LogP contribution in [-0.2, 0) is 11.4 Å². The minimum atomic E-state index is -0.731. The van der Waals surface area contributed by atoms with Gasteiger partial charge in [-0.2, -0.15) is 0 Å². The van der Waals surface area contributed by atoms with Crippen molar-refractivity contribution < 1.29 is 14.3 Å². The van der Waals surface area contributed by atoms with Gasteiger partial charge in [0, 0.05) is 15.7 Å². The van der Waals surface area contributed by atoms with E-state index in [4.69, 9.17) is 14.5 Å². The molecule has 0 spiro atoms. The maximum atomic E-state index is 14.3. The van der Waals surface area contributed by atoms with Crippen molar-refractivity contribution in [1.82, 2.24) is 4.57 Å². The quantitative estimate of drug-likeness (QED) is 0.186. The molecule has 0 saturated heterocycles. The number of anilines is 1. The molecule has 0 aliphatic carbocycles. The van der Waals surface area contributed by atoms with Crippen molar-refractivity contribution in [3.8, 4) is 11.5 Å². The average molecular weight is 745 g/mol. The predicted molar refractivity (Wildman–Crippen MR) is 184 cm³/mol. The number of para-hydroxylation sites is 1. The van der Waals surface area contributed by atoms with Crippen LogP contribution in [0.1, 0.15) is 29.7 Å². The van der Waals surface area contributed by atoms with Crippen LogP contribution in [0.5, 0.6) is 11.5 Å². The molecule has 0 saturated carbocycles. The molecule has 226 valence electrons. The van der Waals surface area contributed by atoms with E-state index in [9.17, 15) is 9.59 Å². The van der Waals surface area contributed by atoms with Gasteiger partial charge in [-0.3, -0.25) is 14.2 Å². The van der Waals surface area contributed by atoms with Crippen molar-refractivity contribution in [3.05, 3.63) is 154 Å². The number of hydrogen-bond donors (Lipinski definition) is 1. The smallest absolute Gasteiger partial charge is 0.271 e. The first kappa shape index (κ1) is 30.8. The van der Waals surface area contributed by atoms with Gasteiger partial charge in [0.15, 0.2) is 4.80 Å². The highest BCUT2D eigenvalue weighted by atomic mass is 79.9. The first-order chi connectivity index (χ1) is 21.8. The summed E-state index contributed by atoms with van der Waals surface area (Å²) < 4.78 is 15.4. The number of fused-ring (bicyclic) bond motifs is 1. The van der Waals surface area contributed by atoms with Crippen LogP contribution in [0.15, 0.2) is 127 Å². The van der Waals surface area contributed by atoms with Crippen LogP contribution in [0, 0.1) is 0 Å². The third-order valence-electron chi connectivity index (χ3n) is 7.26. The molecular weight excluding hydrogens is 718 g/mol. The Bertz CT molecular complexity index is 2110. The number of carbonyl (C=O) groups is 1. The summed E-state index contributed by atoms with van der Waals surface area (Å²) in [5.74, 6) is 0.889. The van der Waals surface area contributed by atoms with E-state index in [1.165, 1.54) is 11.3 Å². The van der Waals surface area contributed by atoms with Crippen molar-refractivity contribution in [3.63, 3.8) is 0 Å². The number of hydrogen-bond acceptors (Lipinski definition) is 6.